The zero-order valence-electron chi connectivity index (χ0n) is 12.5. The molecule has 0 heterocycles. The Bertz CT molecular complexity index is 469. The Morgan fingerprint density at radius 1 is 1.33 bits per heavy atom. The molecule has 0 saturated heterocycles. The van der Waals surface area contributed by atoms with Gasteiger partial charge in [-0.05, 0) is 31.4 Å². The topological polar surface area (TPSA) is 21.3 Å². The number of hydrogen-bond donors (Lipinski definition) is 1. The van der Waals surface area contributed by atoms with E-state index in [4.69, 9.17) is 4.74 Å². The number of halogens is 3. The van der Waals surface area contributed by atoms with E-state index in [0.29, 0.717) is 30.7 Å². The molecule has 0 aromatic heterocycles. The van der Waals surface area contributed by atoms with Crippen LogP contribution in [0.25, 0.3) is 0 Å². The normalized spacial score (nSPS) is 20.2. The molecule has 21 heavy (non-hydrogen) atoms. The van der Waals surface area contributed by atoms with E-state index in [2.05, 4.69) is 5.32 Å². The van der Waals surface area contributed by atoms with Crippen LogP contribution in [-0.4, -0.2) is 19.6 Å². The van der Waals surface area contributed by atoms with Crippen LogP contribution in [0.15, 0.2) is 18.2 Å². The molecular weight excluding hydrogens is 279 g/mol. The summed E-state index contributed by atoms with van der Waals surface area (Å²) in [6.45, 7) is 2.61. The minimum absolute atomic E-state index is 0.0347. The van der Waals surface area contributed by atoms with Gasteiger partial charge in [0, 0.05) is 30.5 Å². The van der Waals surface area contributed by atoms with Crippen LogP contribution in [0.2, 0.25) is 0 Å². The molecule has 118 valence electrons. The average molecular weight is 301 g/mol. The third kappa shape index (κ3) is 3.90. The lowest BCUT2D eigenvalue weighted by atomic mass is 9.79. The summed E-state index contributed by atoms with van der Waals surface area (Å²) in [5.41, 5.74) is 0.535. The van der Waals surface area contributed by atoms with Crippen molar-refractivity contribution in [2.45, 2.75) is 44.6 Å². The number of ether oxygens (including phenoxy) is 1. The van der Waals surface area contributed by atoms with Crippen molar-refractivity contribution in [3.63, 3.8) is 0 Å². The number of rotatable bonds is 5. The maximum Gasteiger partial charge on any atom is 0.248 e. The van der Waals surface area contributed by atoms with Crippen molar-refractivity contribution in [2.75, 3.05) is 13.7 Å². The Morgan fingerprint density at radius 3 is 2.52 bits per heavy atom. The maximum absolute atomic E-state index is 14.2. The van der Waals surface area contributed by atoms with Crippen LogP contribution in [0, 0.1) is 11.7 Å². The molecule has 1 unspecified atom stereocenters. The summed E-state index contributed by atoms with van der Waals surface area (Å²) in [5.74, 6) is -2.42. The van der Waals surface area contributed by atoms with E-state index in [-0.39, 0.29) is 30.6 Å². The second-order valence-electron chi connectivity index (χ2n) is 5.62. The van der Waals surface area contributed by atoms with E-state index in [1.54, 1.807) is 12.1 Å². The molecule has 0 amide bonds. The Balaban J connectivity index is 2.19. The van der Waals surface area contributed by atoms with Gasteiger partial charge in [-0.15, -0.1) is 0 Å². The molecule has 2 rings (SSSR count). The fourth-order valence-corrected chi connectivity index (χ4v) is 3.03. The maximum atomic E-state index is 14.2. The second kappa shape index (κ2) is 6.69. The SMILES string of the molecule is CCNC(c1ccc(OC)cc1F)C1CCC(F)(F)CC1. The molecule has 2 nitrogen and oxygen atoms in total. The number of benzene rings is 1. The van der Waals surface area contributed by atoms with Crippen LogP contribution in [0.4, 0.5) is 13.2 Å². The summed E-state index contributed by atoms with van der Waals surface area (Å²) >= 11 is 0. The highest BCUT2D eigenvalue weighted by molar-refractivity contribution is 5.31. The summed E-state index contributed by atoms with van der Waals surface area (Å²) in [7, 11) is 1.49. The lowest BCUT2D eigenvalue weighted by Gasteiger charge is -2.34. The van der Waals surface area contributed by atoms with Crippen LogP contribution in [-0.2, 0) is 0 Å². The van der Waals surface area contributed by atoms with Crippen molar-refractivity contribution in [3.8, 4) is 5.75 Å². The molecule has 1 aliphatic rings. The zero-order valence-corrected chi connectivity index (χ0v) is 12.5. The molecule has 1 fully saturated rings. The molecule has 1 aliphatic carbocycles. The molecule has 0 spiro atoms. The van der Waals surface area contributed by atoms with Crippen LogP contribution in [0.3, 0.4) is 0 Å². The largest absolute Gasteiger partial charge is 0.497 e. The highest BCUT2D eigenvalue weighted by atomic mass is 19.3. The first-order valence-electron chi connectivity index (χ1n) is 7.41. The predicted molar refractivity (Wildman–Crippen MR) is 76.3 cm³/mol. The van der Waals surface area contributed by atoms with Gasteiger partial charge in [0.05, 0.1) is 7.11 Å². The van der Waals surface area contributed by atoms with E-state index in [1.807, 2.05) is 6.92 Å². The third-order valence-corrected chi connectivity index (χ3v) is 4.20. The van der Waals surface area contributed by atoms with Gasteiger partial charge < -0.3 is 10.1 Å². The molecule has 0 radical (unpaired) electrons. The Kier molecular flexibility index (Phi) is 5.14. The van der Waals surface area contributed by atoms with Gasteiger partial charge in [0.1, 0.15) is 11.6 Å². The lowest BCUT2D eigenvalue weighted by Crippen LogP contribution is -2.34. The third-order valence-electron chi connectivity index (χ3n) is 4.20. The van der Waals surface area contributed by atoms with E-state index >= 15 is 0 Å². The van der Waals surface area contributed by atoms with E-state index in [9.17, 15) is 13.2 Å². The van der Waals surface area contributed by atoms with Crippen LogP contribution >= 0.6 is 0 Å². The number of hydrogen-bond acceptors (Lipinski definition) is 2. The average Bonchev–Trinajstić information content (AvgIpc) is 2.45. The minimum Gasteiger partial charge on any atom is -0.497 e. The Labute approximate surface area is 123 Å². The van der Waals surface area contributed by atoms with Gasteiger partial charge in [-0.1, -0.05) is 13.0 Å². The quantitative estimate of drug-likeness (QED) is 0.875. The van der Waals surface area contributed by atoms with E-state index < -0.39 is 5.92 Å². The highest BCUT2D eigenvalue weighted by Crippen LogP contribution is 2.42. The van der Waals surface area contributed by atoms with Crippen LogP contribution in [0.1, 0.15) is 44.2 Å². The van der Waals surface area contributed by atoms with Gasteiger partial charge in [0.2, 0.25) is 5.92 Å². The van der Waals surface area contributed by atoms with Gasteiger partial charge in [-0.3, -0.25) is 0 Å². The molecule has 1 saturated carbocycles. The van der Waals surface area contributed by atoms with Gasteiger partial charge >= 0.3 is 0 Å². The van der Waals surface area contributed by atoms with Crippen molar-refractivity contribution in [2.24, 2.45) is 5.92 Å². The molecule has 0 aliphatic heterocycles. The number of nitrogens with one attached hydrogen (secondary N) is 1. The first-order valence-corrected chi connectivity index (χ1v) is 7.41. The molecule has 1 N–H and O–H groups in total. The van der Waals surface area contributed by atoms with E-state index in [0.717, 1.165) is 0 Å². The lowest BCUT2D eigenvalue weighted by molar-refractivity contribution is -0.0498. The Hall–Kier alpha value is -1.23. The summed E-state index contributed by atoms with van der Waals surface area (Å²) in [5, 5.41) is 3.25. The van der Waals surface area contributed by atoms with Crippen molar-refractivity contribution >= 4 is 0 Å². The van der Waals surface area contributed by atoms with Gasteiger partial charge in [-0.25, -0.2) is 13.2 Å². The predicted octanol–water partition coefficient (Wildman–Crippen LogP) is 4.31. The van der Waals surface area contributed by atoms with Crippen molar-refractivity contribution in [1.29, 1.82) is 0 Å². The van der Waals surface area contributed by atoms with Gasteiger partial charge in [-0.2, -0.15) is 0 Å². The van der Waals surface area contributed by atoms with Gasteiger partial charge in [0.15, 0.2) is 0 Å². The first kappa shape index (κ1) is 16.1. The molecule has 0 bridgehead atoms. The number of methoxy groups -OCH3 is 1. The standard InChI is InChI=1S/C16H22F3NO/c1-3-20-15(11-6-8-16(18,19)9-7-11)13-5-4-12(21-2)10-14(13)17/h4-5,10-11,15,20H,3,6-9H2,1-2H3. The fourth-order valence-electron chi connectivity index (χ4n) is 3.03. The van der Waals surface area contributed by atoms with E-state index in [1.165, 1.54) is 13.2 Å². The zero-order chi connectivity index (χ0) is 15.5. The molecule has 1 atom stereocenters. The van der Waals surface area contributed by atoms with Crippen molar-refractivity contribution in [1.82, 2.24) is 5.32 Å². The minimum atomic E-state index is -2.56. The highest BCUT2D eigenvalue weighted by Gasteiger charge is 2.38. The summed E-state index contributed by atoms with van der Waals surface area (Å²) < 4.78 is 45.8. The fraction of sp³-hybridized carbons (Fsp3) is 0.625. The molecule has 1 aromatic rings. The summed E-state index contributed by atoms with van der Waals surface area (Å²) in [4.78, 5) is 0. The number of alkyl halides is 2. The molecule has 1 aromatic carbocycles. The first-order chi connectivity index (χ1) is 9.96. The molecular formula is C16H22F3NO. The summed E-state index contributed by atoms with van der Waals surface area (Å²) in [6.07, 6.45) is 0.598. The second-order valence-corrected chi connectivity index (χ2v) is 5.62. The monoisotopic (exact) mass is 301 g/mol. The molecule has 5 heteroatoms. The van der Waals surface area contributed by atoms with Crippen molar-refractivity contribution < 1.29 is 17.9 Å². The smallest absolute Gasteiger partial charge is 0.248 e. The van der Waals surface area contributed by atoms with Crippen molar-refractivity contribution in [3.05, 3.63) is 29.6 Å². The van der Waals surface area contributed by atoms with Crippen LogP contribution in [0.5, 0.6) is 5.75 Å². The summed E-state index contributed by atoms with van der Waals surface area (Å²) in [6, 6.07) is 4.52. The van der Waals surface area contributed by atoms with Gasteiger partial charge in [0.25, 0.3) is 0 Å². The Morgan fingerprint density at radius 2 is 2.00 bits per heavy atom. The van der Waals surface area contributed by atoms with Crippen LogP contribution < -0.4 is 10.1 Å².